The highest BCUT2D eigenvalue weighted by Crippen LogP contribution is 2.30. The van der Waals surface area contributed by atoms with Crippen molar-refractivity contribution < 1.29 is 14.3 Å². The van der Waals surface area contributed by atoms with Crippen LogP contribution < -0.4 is 0 Å². The summed E-state index contributed by atoms with van der Waals surface area (Å²) in [6, 6.07) is 17.1. The second-order valence-corrected chi connectivity index (χ2v) is 6.04. The predicted molar refractivity (Wildman–Crippen MR) is 91.6 cm³/mol. The van der Waals surface area contributed by atoms with Crippen LogP contribution in [0.1, 0.15) is 40.4 Å². The highest BCUT2D eigenvalue weighted by atomic mass is 16.5. The fourth-order valence-electron chi connectivity index (χ4n) is 3.23. The number of hydrogen-bond donors (Lipinski definition) is 0. The third kappa shape index (κ3) is 3.54. The van der Waals surface area contributed by atoms with Crippen molar-refractivity contribution in [3.05, 3.63) is 71.3 Å². The van der Waals surface area contributed by atoms with Crippen LogP contribution in [0.25, 0.3) is 0 Å². The van der Waals surface area contributed by atoms with Gasteiger partial charge < -0.3 is 4.74 Å². The minimum atomic E-state index is -0.363. The van der Waals surface area contributed by atoms with E-state index in [1.807, 2.05) is 30.3 Å². The van der Waals surface area contributed by atoms with Crippen molar-refractivity contribution in [2.24, 2.45) is 0 Å². The van der Waals surface area contributed by atoms with Gasteiger partial charge in [0.25, 0.3) is 0 Å². The van der Waals surface area contributed by atoms with Crippen LogP contribution in [0.3, 0.4) is 0 Å². The standard InChI is InChI=1S/C20H21NO3/c1-24-20(23)17-11-9-16(10-12-17)19-18(22)8-5-13-21(19)14-15-6-3-2-4-7-15/h2-4,6-7,9-12,19H,5,8,13-14H2,1H3. The molecule has 0 bridgehead atoms. The number of rotatable bonds is 4. The number of esters is 1. The minimum Gasteiger partial charge on any atom is -0.465 e. The molecule has 0 N–H and O–H groups in total. The zero-order valence-electron chi connectivity index (χ0n) is 13.8. The summed E-state index contributed by atoms with van der Waals surface area (Å²) in [5.74, 6) is -0.124. The molecule has 2 aromatic carbocycles. The molecule has 0 aromatic heterocycles. The van der Waals surface area contributed by atoms with E-state index in [9.17, 15) is 9.59 Å². The molecule has 4 nitrogen and oxygen atoms in total. The van der Waals surface area contributed by atoms with Gasteiger partial charge >= 0.3 is 5.97 Å². The Kier molecular flexibility index (Phi) is 5.06. The summed E-state index contributed by atoms with van der Waals surface area (Å²) < 4.78 is 4.73. The molecular formula is C20H21NO3. The third-order valence-corrected chi connectivity index (χ3v) is 4.41. The van der Waals surface area contributed by atoms with Gasteiger partial charge in [0.2, 0.25) is 0 Å². The first kappa shape index (κ1) is 16.4. The third-order valence-electron chi connectivity index (χ3n) is 4.41. The van der Waals surface area contributed by atoms with Crippen molar-refractivity contribution in [1.82, 2.24) is 4.90 Å². The highest BCUT2D eigenvalue weighted by molar-refractivity contribution is 5.90. The van der Waals surface area contributed by atoms with Gasteiger partial charge in [0.1, 0.15) is 0 Å². The quantitative estimate of drug-likeness (QED) is 0.809. The Morgan fingerprint density at radius 1 is 1.12 bits per heavy atom. The van der Waals surface area contributed by atoms with Crippen LogP contribution in [-0.2, 0) is 16.1 Å². The zero-order valence-corrected chi connectivity index (χ0v) is 13.8. The molecule has 4 heteroatoms. The normalized spacial score (nSPS) is 18.4. The Morgan fingerprint density at radius 2 is 1.83 bits per heavy atom. The summed E-state index contributed by atoms with van der Waals surface area (Å²) in [6.07, 6.45) is 1.50. The van der Waals surface area contributed by atoms with Crippen molar-refractivity contribution >= 4 is 11.8 Å². The van der Waals surface area contributed by atoms with Crippen LogP contribution in [0.4, 0.5) is 0 Å². The van der Waals surface area contributed by atoms with E-state index in [0.29, 0.717) is 12.0 Å². The van der Waals surface area contributed by atoms with E-state index in [-0.39, 0.29) is 17.8 Å². The molecule has 124 valence electrons. The number of ketones is 1. The predicted octanol–water partition coefficient (Wildman–Crippen LogP) is 3.38. The average Bonchev–Trinajstić information content (AvgIpc) is 2.62. The van der Waals surface area contributed by atoms with Crippen LogP contribution >= 0.6 is 0 Å². The van der Waals surface area contributed by atoms with Crippen molar-refractivity contribution in [1.29, 1.82) is 0 Å². The molecule has 1 aliphatic rings. The van der Waals surface area contributed by atoms with Gasteiger partial charge in [0.15, 0.2) is 5.78 Å². The Bertz CT molecular complexity index is 709. The second-order valence-electron chi connectivity index (χ2n) is 6.04. The van der Waals surface area contributed by atoms with Crippen LogP contribution in [0.5, 0.6) is 0 Å². The Hall–Kier alpha value is -2.46. The van der Waals surface area contributed by atoms with E-state index in [1.165, 1.54) is 12.7 Å². The molecule has 1 atom stereocenters. The Labute approximate surface area is 142 Å². The van der Waals surface area contributed by atoms with Crippen LogP contribution in [0.2, 0.25) is 0 Å². The maximum Gasteiger partial charge on any atom is 0.337 e. The number of Topliss-reactive ketones (excluding diaryl/α,β-unsaturated/α-hetero) is 1. The largest absolute Gasteiger partial charge is 0.465 e. The molecule has 1 aliphatic heterocycles. The second kappa shape index (κ2) is 7.41. The lowest BCUT2D eigenvalue weighted by molar-refractivity contribution is -0.127. The number of hydrogen-bond acceptors (Lipinski definition) is 4. The summed E-state index contributed by atoms with van der Waals surface area (Å²) in [4.78, 5) is 26.3. The first-order valence-electron chi connectivity index (χ1n) is 8.18. The molecule has 0 amide bonds. The number of benzene rings is 2. The van der Waals surface area contributed by atoms with E-state index in [4.69, 9.17) is 4.74 Å². The Balaban J connectivity index is 1.84. The van der Waals surface area contributed by atoms with Crippen molar-refractivity contribution in [2.45, 2.75) is 25.4 Å². The van der Waals surface area contributed by atoms with Gasteiger partial charge in [-0.05, 0) is 36.2 Å². The van der Waals surface area contributed by atoms with Gasteiger partial charge in [-0.2, -0.15) is 0 Å². The van der Waals surface area contributed by atoms with Gasteiger partial charge in [-0.25, -0.2) is 4.79 Å². The van der Waals surface area contributed by atoms with Crippen LogP contribution in [0.15, 0.2) is 54.6 Å². The topological polar surface area (TPSA) is 46.6 Å². The van der Waals surface area contributed by atoms with E-state index >= 15 is 0 Å². The molecule has 0 aliphatic carbocycles. The van der Waals surface area contributed by atoms with Crippen LogP contribution in [-0.4, -0.2) is 30.3 Å². The molecule has 1 heterocycles. The molecule has 1 unspecified atom stereocenters. The minimum absolute atomic E-state index is 0.239. The first-order chi connectivity index (χ1) is 11.7. The number of methoxy groups -OCH3 is 1. The van der Waals surface area contributed by atoms with Gasteiger partial charge in [-0.15, -0.1) is 0 Å². The van der Waals surface area contributed by atoms with Crippen molar-refractivity contribution in [2.75, 3.05) is 13.7 Å². The smallest absolute Gasteiger partial charge is 0.337 e. The van der Waals surface area contributed by atoms with E-state index in [0.717, 1.165) is 25.1 Å². The lowest BCUT2D eigenvalue weighted by Crippen LogP contribution is -2.38. The van der Waals surface area contributed by atoms with E-state index in [2.05, 4.69) is 17.0 Å². The summed E-state index contributed by atoms with van der Waals surface area (Å²) in [6.45, 7) is 1.64. The molecule has 2 aromatic rings. The lowest BCUT2D eigenvalue weighted by atomic mass is 9.93. The van der Waals surface area contributed by atoms with Gasteiger partial charge in [0, 0.05) is 13.0 Å². The number of likely N-dealkylation sites (tertiary alicyclic amines) is 1. The summed E-state index contributed by atoms with van der Waals surface area (Å²) in [5, 5.41) is 0. The summed E-state index contributed by atoms with van der Waals surface area (Å²) in [5.41, 5.74) is 2.63. The molecular weight excluding hydrogens is 302 g/mol. The molecule has 0 saturated carbocycles. The first-order valence-corrected chi connectivity index (χ1v) is 8.18. The average molecular weight is 323 g/mol. The maximum absolute atomic E-state index is 12.5. The number of carbonyl (C=O) groups is 2. The zero-order chi connectivity index (χ0) is 16.9. The number of piperidine rings is 1. The van der Waals surface area contributed by atoms with Crippen molar-refractivity contribution in [3.8, 4) is 0 Å². The SMILES string of the molecule is COC(=O)c1ccc(C2C(=O)CCCN2Cc2ccccc2)cc1. The fourth-order valence-corrected chi connectivity index (χ4v) is 3.23. The monoisotopic (exact) mass is 323 g/mol. The maximum atomic E-state index is 12.5. The van der Waals surface area contributed by atoms with Gasteiger partial charge in [0.05, 0.1) is 18.7 Å². The molecule has 1 saturated heterocycles. The van der Waals surface area contributed by atoms with Crippen LogP contribution in [0, 0.1) is 0 Å². The molecule has 1 fully saturated rings. The number of nitrogens with zero attached hydrogens (tertiary/aromatic N) is 1. The fraction of sp³-hybridized carbons (Fsp3) is 0.300. The number of ether oxygens (including phenoxy) is 1. The van der Waals surface area contributed by atoms with E-state index in [1.54, 1.807) is 12.1 Å². The van der Waals surface area contributed by atoms with Crippen molar-refractivity contribution in [3.63, 3.8) is 0 Å². The highest BCUT2D eigenvalue weighted by Gasteiger charge is 2.31. The Morgan fingerprint density at radius 3 is 2.50 bits per heavy atom. The molecule has 3 rings (SSSR count). The lowest BCUT2D eigenvalue weighted by Gasteiger charge is -2.35. The molecule has 24 heavy (non-hydrogen) atoms. The van der Waals surface area contributed by atoms with Gasteiger partial charge in [-0.3, -0.25) is 9.69 Å². The summed E-state index contributed by atoms with van der Waals surface area (Å²) in [7, 11) is 1.36. The van der Waals surface area contributed by atoms with E-state index < -0.39 is 0 Å². The molecule has 0 spiro atoms. The van der Waals surface area contributed by atoms with Gasteiger partial charge in [-0.1, -0.05) is 42.5 Å². The summed E-state index contributed by atoms with van der Waals surface area (Å²) >= 11 is 0. The molecule has 0 radical (unpaired) electrons. The number of carbonyl (C=O) groups excluding carboxylic acids is 2.